The van der Waals surface area contributed by atoms with Gasteiger partial charge in [0.05, 0.1) is 29.3 Å². The summed E-state index contributed by atoms with van der Waals surface area (Å²) >= 11 is 0.944. The van der Waals surface area contributed by atoms with Crippen molar-refractivity contribution in [3.05, 3.63) is 60.3 Å². The van der Waals surface area contributed by atoms with E-state index in [1.807, 2.05) is 18.0 Å². The van der Waals surface area contributed by atoms with E-state index in [4.69, 9.17) is 9.47 Å². The van der Waals surface area contributed by atoms with Crippen molar-refractivity contribution >= 4 is 46.5 Å². The first-order valence-corrected chi connectivity index (χ1v) is 13.3. The van der Waals surface area contributed by atoms with Gasteiger partial charge in [-0.05, 0) is 51.1 Å². The lowest BCUT2D eigenvalue weighted by Gasteiger charge is -2.33. The third-order valence-electron chi connectivity index (χ3n) is 6.25. The molecule has 12 heteroatoms. The molecule has 206 valence electrons. The molecule has 1 aromatic heterocycles. The number of thiophene rings is 1. The SMILES string of the molecule is CCOC(=O)c1sc(CC(=O)C(C#N)=Cc2ccc(N3CCN(C)CC3)c([N+](=O)[O-])c2)c(C(=O)OCC)c1C. The monoisotopic (exact) mass is 554 g/mol. The van der Waals surface area contributed by atoms with Crippen molar-refractivity contribution in [1.29, 1.82) is 5.26 Å². The van der Waals surface area contributed by atoms with Crippen molar-refractivity contribution in [2.24, 2.45) is 0 Å². The summed E-state index contributed by atoms with van der Waals surface area (Å²) in [5.74, 6) is -1.90. The Balaban J connectivity index is 1.93. The number of nitrogens with zero attached hydrogens (tertiary/aromatic N) is 4. The third-order valence-corrected chi connectivity index (χ3v) is 7.53. The number of ketones is 1. The van der Waals surface area contributed by atoms with Gasteiger partial charge in [-0.3, -0.25) is 14.9 Å². The molecule has 0 amide bonds. The minimum Gasteiger partial charge on any atom is -0.462 e. The van der Waals surface area contributed by atoms with Gasteiger partial charge < -0.3 is 19.3 Å². The Kier molecular flexibility index (Phi) is 9.92. The Morgan fingerprint density at radius 1 is 1.13 bits per heavy atom. The normalized spacial score (nSPS) is 14.0. The highest BCUT2D eigenvalue weighted by molar-refractivity contribution is 7.14. The van der Waals surface area contributed by atoms with Crippen molar-refractivity contribution in [2.45, 2.75) is 27.2 Å². The standard InChI is InChI=1S/C27H30N4O7S/c1-5-37-26(33)24-17(3)25(27(34)38-6-2)39-23(24)15-22(32)19(16-28)13-18-7-8-20(21(14-18)31(35)36)30-11-9-29(4)10-12-30/h7-8,13-14H,5-6,9-12,15H2,1-4H3. The van der Waals surface area contributed by atoms with Crippen LogP contribution in [-0.4, -0.2) is 74.0 Å². The van der Waals surface area contributed by atoms with Gasteiger partial charge >= 0.3 is 11.9 Å². The molecule has 0 N–H and O–H groups in total. The molecule has 2 aromatic rings. The molecule has 1 aliphatic heterocycles. The maximum atomic E-state index is 13.2. The topological polar surface area (TPSA) is 143 Å². The number of hydrogen-bond acceptors (Lipinski definition) is 11. The van der Waals surface area contributed by atoms with Crippen LogP contribution in [0.15, 0.2) is 23.8 Å². The van der Waals surface area contributed by atoms with E-state index in [1.165, 1.54) is 12.1 Å². The zero-order chi connectivity index (χ0) is 28.7. The molecule has 0 radical (unpaired) electrons. The number of carbonyl (C=O) groups is 3. The number of hydrogen-bond donors (Lipinski definition) is 0. The molecule has 1 aromatic carbocycles. The molecule has 1 saturated heterocycles. The van der Waals surface area contributed by atoms with Crippen LogP contribution in [0.5, 0.6) is 0 Å². The summed E-state index contributed by atoms with van der Waals surface area (Å²) in [5, 5.41) is 21.6. The van der Waals surface area contributed by atoms with Crippen molar-refractivity contribution in [1.82, 2.24) is 4.90 Å². The summed E-state index contributed by atoms with van der Waals surface area (Å²) in [7, 11) is 1.99. The maximum absolute atomic E-state index is 13.2. The van der Waals surface area contributed by atoms with Gasteiger partial charge in [-0.2, -0.15) is 5.26 Å². The molecule has 0 atom stereocenters. The Morgan fingerprint density at radius 2 is 1.77 bits per heavy atom. The van der Waals surface area contributed by atoms with Crippen molar-refractivity contribution in [3.63, 3.8) is 0 Å². The second-order valence-electron chi connectivity index (χ2n) is 8.86. The minimum atomic E-state index is -0.679. The zero-order valence-electron chi connectivity index (χ0n) is 22.3. The van der Waals surface area contributed by atoms with Crippen LogP contribution in [0.1, 0.15) is 49.9 Å². The van der Waals surface area contributed by atoms with Crippen molar-refractivity contribution < 1.29 is 28.8 Å². The number of nitro benzene ring substituents is 1. The van der Waals surface area contributed by atoms with Gasteiger partial charge in [0, 0.05) is 43.5 Å². The van der Waals surface area contributed by atoms with Crippen LogP contribution >= 0.6 is 11.3 Å². The quantitative estimate of drug-likeness (QED) is 0.140. The fourth-order valence-corrected chi connectivity index (χ4v) is 5.42. The average molecular weight is 555 g/mol. The molecule has 2 heterocycles. The highest BCUT2D eigenvalue weighted by atomic mass is 32.1. The van der Waals surface area contributed by atoms with Crippen molar-refractivity contribution in [3.8, 4) is 6.07 Å². The van der Waals surface area contributed by atoms with E-state index in [-0.39, 0.29) is 46.2 Å². The summed E-state index contributed by atoms with van der Waals surface area (Å²) in [6.45, 7) is 7.95. The first kappa shape index (κ1) is 29.5. The molecule has 0 saturated carbocycles. The lowest BCUT2D eigenvalue weighted by molar-refractivity contribution is -0.384. The summed E-state index contributed by atoms with van der Waals surface area (Å²) in [6.07, 6.45) is 0.958. The van der Waals surface area contributed by atoms with E-state index in [2.05, 4.69) is 4.90 Å². The number of anilines is 1. The number of benzene rings is 1. The maximum Gasteiger partial charge on any atom is 0.348 e. The van der Waals surface area contributed by atoms with Crippen LogP contribution in [0.2, 0.25) is 0 Å². The predicted molar refractivity (Wildman–Crippen MR) is 146 cm³/mol. The van der Waals surface area contributed by atoms with Crippen LogP contribution in [0.4, 0.5) is 11.4 Å². The van der Waals surface area contributed by atoms with E-state index in [0.717, 1.165) is 24.4 Å². The Hall–Kier alpha value is -4.08. The number of nitriles is 1. The molecule has 1 fully saturated rings. The molecular formula is C27H30N4O7S. The largest absolute Gasteiger partial charge is 0.462 e. The molecule has 39 heavy (non-hydrogen) atoms. The molecule has 1 aliphatic rings. The van der Waals surface area contributed by atoms with Crippen LogP contribution in [0.25, 0.3) is 6.08 Å². The number of ether oxygens (including phenoxy) is 2. The first-order chi connectivity index (χ1) is 18.6. The Bertz CT molecular complexity index is 1350. The predicted octanol–water partition coefficient (Wildman–Crippen LogP) is 3.79. The first-order valence-electron chi connectivity index (χ1n) is 12.4. The van der Waals surface area contributed by atoms with Gasteiger partial charge in [0.25, 0.3) is 5.69 Å². The van der Waals surface area contributed by atoms with Crippen LogP contribution in [0.3, 0.4) is 0 Å². The number of rotatable bonds is 10. The minimum absolute atomic E-state index is 0.0997. The summed E-state index contributed by atoms with van der Waals surface area (Å²) in [6, 6.07) is 6.46. The fraction of sp³-hybridized carbons (Fsp3) is 0.407. The van der Waals surface area contributed by atoms with Crippen molar-refractivity contribution in [2.75, 3.05) is 51.3 Å². The summed E-state index contributed by atoms with van der Waals surface area (Å²) in [4.78, 5) is 54.1. The van der Waals surface area contributed by atoms with E-state index in [0.29, 0.717) is 29.9 Å². The second kappa shape index (κ2) is 13.1. The molecular weight excluding hydrogens is 524 g/mol. The van der Waals surface area contributed by atoms with Gasteiger partial charge in [0.15, 0.2) is 5.78 Å². The van der Waals surface area contributed by atoms with E-state index >= 15 is 0 Å². The number of esters is 2. The van der Waals surface area contributed by atoms with Gasteiger partial charge in [0.1, 0.15) is 16.6 Å². The molecule has 0 unspecified atom stereocenters. The van der Waals surface area contributed by atoms with Gasteiger partial charge in [-0.15, -0.1) is 11.3 Å². The van der Waals surface area contributed by atoms with E-state index in [1.54, 1.807) is 32.9 Å². The summed E-state index contributed by atoms with van der Waals surface area (Å²) in [5.41, 5.74) is 0.894. The Labute approximate surface area is 230 Å². The van der Waals surface area contributed by atoms with Crippen LogP contribution < -0.4 is 4.90 Å². The van der Waals surface area contributed by atoms with Gasteiger partial charge in [-0.1, -0.05) is 6.07 Å². The zero-order valence-corrected chi connectivity index (χ0v) is 23.1. The average Bonchev–Trinajstić information content (AvgIpc) is 3.23. The van der Waals surface area contributed by atoms with E-state index in [9.17, 15) is 29.8 Å². The van der Waals surface area contributed by atoms with Crippen LogP contribution in [-0.2, 0) is 20.7 Å². The van der Waals surface area contributed by atoms with E-state index < -0.39 is 22.6 Å². The smallest absolute Gasteiger partial charge is 0.348 e. The lowest BCUT2D eigenvalue weighted by atomic mass is 10.0. The highest BCUT2D eigenvalue weighted by Crippen LogP contribution is 2.33. The van der Waals surface area contributed by atoms with Gasteiger partial charge in [0.2, 0.25) is 0 Å². The number of likely N-dealkylation sites (N-methyl/N-ethyl adjacent to an activating group) is 1. The molecule has 3 rings (SSSR count). The second-order valence-corrected chi connectivity index (χ2v) is 9.97. The van der Waals surface area contributed by atoms with Crippen LogP contribution in [0, 0.1) is 28.4 Å². The highest BCUT2D eigenvalue weighted by Gasteiger charge is 2.28. The number of allylic oxidation sites excluding steroid dienone is 1. The molecule has 0 spiro atoms. The number of nitro groups is 1. The molecule has 0 bridgehead atoms. The van der Waals surface area contributed by atoms with Gasteiger partial charge in [-0.25, -0.2) is 9.59 Å². The molecule has 11 nitrogen and oxygen atoms in total. The molecule has 0 aliphatic carbocycles. The summed E-state index contributed by atoms with van der Waals surface area (Å²) < 4.78 is 10.2. The Morgan fingerprint density at radius 3 is 2.36 bits per heavy atom. The number of piperazine rings is 1. The fourth-order valence-electron chi connectivity index (χ4n) is 4.23. The third kappa shape index (κ3) is 6.87. The lowest BCUT2D eigenvalue weighted by Crippen LogP contribution is -2.44. The number of carbonyl (C=O) groups excluding carboxylic acids is 3. The number of Topliss-reactive ketones (excluding diaryl/α,β-unsaturated/α-hetero) is 1.